The van der Waals surface area contributed by atoms with E-state index in [1.807, 2.05) is 91.1 Å². The highest BCUT2D eigenvalue weighted by Gasteiger charge is 2.38. The minimum atomic E-state index is -1.64. The number of nitrogens with one attached hydrogen (secondary N) is 1. The Kier molecular flexibility index (Phi) is 4.91. The van der Waals surface area contributed by atoms with E-state index >= 15 is 0 Å². The highest BCUT2D eigenvalue weighted by atomic mass is 16.3. The summed E-state index contributed by atoms with van der Waals surface area (Å²) in [5, 5.41) is 29.5. The molecule has 2 N–H and O–H groups in total. The molecule has 5 rings (SSSR count). The van der Waals surface area contributed by atoms with E-state index in [2.05, 4.69) is 11.4 Å². The number of nitriles is 1. The van der Waals surface area contributed by atoms with Crippen LogP contribution >= 0.6 is 0 Å². The third-order valence-electron chi connectivity index (χ3n) is 5.55. The number of aromatic nitrogens is 2. The Morgan fingerprint density at radius 2 is 1.50 bits per heavy atom. The third-order valence-corrected chi connectivity index (χ3v) is 5.55. The van der Waals surface area contributed by atoms with E-state index in [1.165, 1.54) is 0 Å². The number of rotatable bonds is 4. The fourth-order valence-electron chi connectivity index (χ4n) is 3.96. The van der Waals surface area contributed by atoms with Crippen molar-refractivity contribution in [2.75, 3.05) is 0 Å². The van der Waals surface area contributed by atoms with Crippen molar-refractivity contribution < 1.29 is 5.11 Å². The van der Waals surface area contributed by atoms with Crippen molar-refractivity contribution in [2.45, 2.75) is 5.72 Å². The molecule has 0 radical (unpaired) electrons. The molecule has 0 saturated heterocycles. The molecule has 32 heavy (non-hydrogen) atoms. The van der Waals surface area contributed by atoms with Gasteiger partial charge in [-0.2, -0.15) is 10.4 Å². The summed E-state index contributed by atoms with van der Waals surface area (Å²) in [6.07, 6.45) is 5.40. The second-order valence-corrected chi connectivity index (χ2v) is 7.49. The maximum Gasteiger partial charge on any atom is 0.199 e. The molecule has 1 aliphatic heterocycles. The Morgan fingerprint density at radius 3 is 2.16 bits per heavy atom. The first-order chi connectivity index (χ1) is 15.7. The first-order valence-corrected chi connectivity index (χ1v) is 10.3. The Morgan fingerprint density at radius 1 is 0.875 bits per heavy atom. The predicted octanol–water partition coefficient (Wildman–Crippen LogP) is 4.78. The Bertz CT molecular complexity index is 1350. The third kappa shape index (κ3) is 3.29. The summed E-state index contributed by atoms with van der Waals surface area (Å²) in [5.74, 6) is 0. The summed E-state index contributed by atoms with van der Waals surface area (Å²) in [7, 11) is 0. The predicted molar refractivity (Wildman–Crippen MR) is 124 cm³/mol. The van der Waals surface area contributed by atoms with E-state index in [1.54, 1.807) is 23.0 Å². The lowest BCUT2D eigenvalue weighted by Gasteiger charge is -2.32. The van der Waals surface area contributed by atoms with Gasteiger partial charge in [0, 0.05) is 34.7 Å². The standard InChI is InChI=1S/C27H20N4O/c28-18-25-23(16-17-29-27(25,32)21-12-6-2-7-13-21)24-19-31(22-14-8-3-9-15-22)30-26(24)20-10-4-1-5-11-20/h1-17,19,29,32H. The van der Waals surface area contributed by atoms with Gasteiger partial charge in [0.05, 0.1) is 11.3 Å². The molecule has 5 heteroatoms. The molecule has 0 aliphatic carbocycles. The maximum absolute atomic E-state index is 11.5. The van der Waals surface area contributed by atoms with E-state index < -0.39 is 5.72 Å². The van der Waals surface area contributed by atoms with Crippen LogP contribution in [0.2, 0.25) is 0 Å². The van der Waals surface area contributed by atoms with Crippen LogP contribution in [0, 0.1) is 11.3 Å². The minimum Gasteiger partial charge on any atom is -0.363 e. The molecular weight excluding hydrogens is 396 g/mol. The van der Waals surface area contributed by atoms with Crippen molar-refractivity contribution in [2.24, 2.45) is 0 Å². The fraction of sp³-hybridized carbons (Fsp3) is 0.0370. The van der Waals surface area contributed by atoms with Gasteiger partial charge in [-0.05, 0) is 18.2 Å². The largest absolute Gasteiger partial charge is 0.363 e. The van der Waals surface area contributed by atoms with Crippen molar-refractivity contribution in [3.63, 3.8) is 0 Å². The van der Waals surface area contributed by atoms with Crippen molar-refractivity contribution in [3.8, 4) is 23.0 Å². The molecule has 3 aromatic carbocycles. The van der Waals surface area contributed by atoms with Gasteiger partial charge in [-0.1, -0.05) is 78.9 Å². The highest BCUT2D eigenvalue weighted by molar-refractivity contribution is 5.88. The second kappa shape index (κ2) is 8.03. The summed E-state index contributed by atoms with van der Waals surface area (Å²) in [4.78, 5) is 0. The molecule has 0 spiro atoms. The Hall–Kier alpha value is -4.40. The molecule has 1 aromatic heterocycles. The molecule has 1 aliphatic rings. The lowest BCUT2D eigenvalue weighted by molar-refractivity contribution is 0.0577. The lowest BCUT2D eigenvalue weighted by atomic mass is 9.86. The van der Waals surface area contributed by atoms with Crippen molar-refractivity contribution >= 4 is 5.57 Å². The Balaban J connectivity index is 1.75. The van der Waals surface area contributed by atoms with Crippen LogP contribution in [0.3, 0.4) is 0 Å². The van der Waals surface area contributed by atoms with Gasteiger partial charge >= 0.3 is 0 Å². The number of hydrogen-bond acceptors (Lipinski definition) is 4. The zero-order valence-corrected chi connectivity index (χ0v) is 17.2. The highest BCUT2D eigenvalue weighted by Crippen LogP contribution is 2.39. The normalized spacial score (nSPS) is 17.6. The van der Waals surface area contributed by atoms with E-state index in [-0.39, 0.29) is 5.57 Å². The van der Waals surface area contributed by atoms with Crippen LogP contribution in [0.25, 0.3) is 22.5 Å². The van der Waals surface area contributed by atoms with E-state index in [4.69, 9.17) is 5.10 Å². The van der Waals surface area contributed by atoms with Gasteiger partial charge in [0.1, 0.15) is 11.8 Å². The number of allylic oxidation sites excluding steroid dienone is 2. The van der Waals surface area contributed by atoms with E-state index in [0.29, 0.717) is 11.1 Å². The molecule has 0 fully saturated rings. The van der Waals surface area contributed by atoms with Gasteiger partial charge in [-0.25, -0.2) is 4.68 Å². The number of aliphatic hydroxyl groups is 1. The van der Waals surface area contributed by atoms with E-state index in [9.17, 15) is 10.4 Å². The first-order valence-electron chi connectivity index (χ1n) is 10.3. The summed E-state index contributed by atoms with van der Waals surface area (Å²) in [5.41, 5.74) is 3.14. The number of nitrogens with zero attached hydrogens (tertiary/aromatic N) is 3. The average Bonchev–Trinajstić information content (AvgIpc) is 3.31. The minimum absolute atomic E-state index is 0.219. The topological polar surface area (TPSA) is 73.9 Å². The monoisotopic (exact) mass is 416 g/mol. The van der Waals surface area contributed by atoms with Crippen LogP contribution in [0.1, 0.15) is 11.1 Å². The maximum atomic E-state index is 11.5. The SMILES string of the molecule is N#CC1=C(c2cn(-c3ccccc3)nc2-c2ccccc2)C=CNC1(O)c1ccccc1. The molecule has 0 amide bonds. The van der Waals surface area contributed by atoms with Crippen molar-refractivity contribution in [3.05, 3.63) is 126 Å². The summed E-state index contributed by atoms with van der Waals surface area (Å²) in [6, 6.07) is 31.1. The molecule has 1 atom stereocenters. The van der Waals surface area contributed by atoms with Gasteiger partial charge in [0.2, 0.25) is 0 Å². The van der Waals surface area contributed by atoms with Gasteiger partial charge in [-0.3, -0.25) is 0 Å². The summed E-state index contributed by atoms with van der Waals surface area (Å²) >= 11 is 0. The van der Waals surface area contributed by atoms with Gasteiger partial charge in [0.25, 0.3) is 0 Å². The first kappa shape index (κ1) is 19.6. The van der Waals surface area contributed by atoms with Crippen LogP contribution in [0.5, 0.6) is 0 Å². The fourth-order valence-corrected chi connectivity index (χ4v) is 3.96. The summed E-state index contributed by atoms with van der Waals surface area (Å²) in [6.45, 7) is 0. The van der Waals surface area contributed by atoms with Gasteiger partial charge < -0.3 is 10.4 Å². The zero-order valence-electron chi connectivity index (χ0n) is 17.2. The molecule has 4 aromatic rings. The molecule has 0 saturated carbocycles. The van der Waals surface area contributed by atoms with Crippen LogP contribution in [-0.4, -0.2) is 14.9 Å². The molecule has 0 bridgehead atoms. The van der Waals surface area contributed by atoms with Crippen LogP contribution < -0.4 is 5.32 Å². The van der Waals surface area contributed by atoms with Crippen LogP contribution in [0.15, 0.2) is 115 Å². The lowest BCUT2D eigenvalue weighted by Crippen LogP contribution is -2.42. The van der Waals surface area contributed by atoms with Crippen molar-refractivity contribution in [1.29, 1.82) is 5.26 Å². The molecule has 5 nitrogen and oxygen atoms in total. The van der Waals surface area contributed by atoms with Gasteiger partial charge in [0.15, 0.2) is 5.72 Å². The summed E-state index contributed by atoms with van der Waals surface area (Å²) < 4.78 is 1.80. The van der Waals surface area contributed by atoms with Crippen LogP contribution in [-0.2, 0) is 5.72 Å². The molecule has 2 heterocycles. The average molecular weight is 416 g/mol. The smallest absolute Gasteiger partial charge is 0.199 e. The van der Waals surface area contributed by atoms with E-state index in [0.717, 1.165) is 22.5 Å². The second-order valence-electron chi connectivity index (χ2n) is 7.49. The number of hydrogen-bond donors (Lipinski definition) is 2. The number of dihydropyridines is 1. The number of benzene rings is 3. The van der Waals surface area contributed by atoms with Gasteiger partial charge in [-0.15, -0.1) is 0 Å². The number of para-hydroxylation sites is 1. The molecular formula is C27H20N4O. The Labute approximate surface area is 186 Å². The van der Waals surface area contributed by atoms with Crippen LogP contribution in [0.4, 0.5) is 0 Å². The van der Waals surface area contributed by atoms with Crippen molar-refractivity contribution in [1.82, 2.24) is 15.1 Å². The quantitative estimate of drug-likeness (QED) is 0.502. The molecule has 1 unspecified atom stereocenters. The zero-order chi connectivity index (χ0) is 22.0. The molecule has 154 valence electrons.